The van der Waals surface area contributed by atoms with Crippen LogP contribution in [0.3, 0.4) is 0 Å². The van der Waals surface area contributed by atoms with Gasteiger partial charge >= 0.3 is 6.18 Å². The Morgan fingerprint density at radius 1 is 1.25 bits per heavy atom. The zero-order valence-corrected chi connectivity index (χ0v) is 15.9. The molecule has 2 aromatic rings. The predicted octanol–water partition coefficient (Wildman–Crippen LogP) is 3.97. The number of carbonyl (C=O) groups is 1. The van der Waals surface area contributed by atoms with E-state index >= 15 is 0 Å². The maximum absolute atomic E-state index is 12.9. The summed E-state index contributed by atoms with van der Waals surface area (Å²) in [4.78, 5) is 23.1. The highest BCUT2D eigenvalue weighted by Gasteiger charge is 2.32. The average Bonchev–Trinajstić information content (AvgIpc) is 2.64. The number of halogens is 3. The molecule has 1 aromatic heterocycles. The van der Waals surface area contributed by atoms with Crippen molar-refractivity contribution in [2.24, 2.45) is 0 Å². The van der Waals surface area contributed by atoms with Crippen molar-refractivity contribution in [2.45, 2.75) is 51.9 Å². The molecule has 0 saturated carbocycles. The highest BCUT2D eigenvalue weighted by Crippen LogP contribution is 2.30. The number of carbonyl (C=O) groups excluding carboxylic acids is 1. The summed E-state index contributed by atoms with van der Waals surface area (Å²) in [5.41, 5.74) is 0.654. The number of likely N-dealkylation sites (tertiary alicyclic amines) is 1. The van der Waals surface area contributed by atoms with Crippen molar-refractivity contribution in [1.29, 1.82) is 0 Å². The highest BCUT2D eigenvalue weighted by atomic mass is 19.4. The Bertz CT molecular complexity index is 854. The first-order chi connectivity index (χ1) is 13.3. The monoisotopic (exact) mass is 392 g/mol. The van der Waals surface area contributed by atoms with Crippen LogP contribution in [0.25, 0.3) is 0 Å². The third kappa shape index (κ3) is 4.79. The fourth-order valence-electron chi connectivity index (χ4n) is 3.36. The number of amides is 1. The Balaban J connectivity index is 1.72. The lowest BCUT2D eigenvalue weighted by molar-refractivity contribution is -0.137. The minimum absolute atomic E-state index is 0.127. The van der Waals surface area contributed by atoms with E-state index in [1.165, 1.54) is 6.07 Å². The molecule has 1 aliphatic heterocycles. The normalized spacial score (nSPS) is 17.7. The van der Waals surface area contributed by atoms with Gasteiger partial charge in [0.15, 0.2) is 0 Å². The van der Waals surface area contributed by atoms with Gasteiger partial charge in [0.25, 0.3) is 0 Å². The molecule has 2 heterocycles. The molecule has 1 atom stereocenters. The van der Waals surface area contributed by atoms with Gasteiger partial charge in [0.05, 0.1) is 5.56 Å². The number of anilines is 1. The van der Waals surface area contributed by atoms with Crippen molar-refractivity contribution in [1.82, 2.24) is 14.9 Å². The van der Waals surface area contributed by atoms with E-state index in [4.69, 9.17) is 0 Å². The van der Waals surface area contributed by atoms with E-state index in [-0.39, 0.29) is 12.5 Å². The molecule has 0 radical (unpaired) electrons. The van der Waals surface area contributed by atoms with E-state index in [1.807, 2.05) is 13.0 Å². The fourth-order valence-corrected chi connectivity index (χ4v) is 3.36. The number of rotatable bonds is 5. The number of benzene rings is 1. The van der Waals surface area contributed by atoms with E-state index in [9.17, 15) is 18.0 Å². The van der Waals surface area contributed by atoms with Crippen molar-refractivity contribution < 1.29 is 18.0 Å². The molecule has 28 heavy (non-hydrogen) atoms. The van der Waals surface area contributed by atoms with E-state index in [1.54, 1.807) is 17.9 Å². The molecule has 0 bridgehead atoms. The first kappa shape index (κ1) is 20.1. The zero-order chi connectivity index (χ0) is 20.3. The second-order valence-electron chi connectivity index (χ2n) is 6.94. The van der Waals surface area contributed by atoms with E-state index < -0.39 is 17.8 Å². The quantitative estimate of drug-likeness (QED) is 0.837. The molecule has 1 aliphatic rings. The second kappa shape index (κ2) is 8.16. The van der Waals surface area contributed by atoms with E-state index in [2.05, 4.69) is 15.3 Å². The van der Waals surface area contributed by atoms with Gasteiger partial charge in [-0.3, -0.25) is 4.79 Å². The molecule has 3 rings (SSSR count). The number of nitrogens with one attached hydrogen (secondary N) is 1. The maximum Gasteiger partial charge on any atom is 0.416 e. The standard InChI is InChI=1S/C20H23F3N4O/c1-3-16-11-18(25-13(2)24-16)26-17-8-5-9-27(19(17)28)12-14-6-4-7-15(10-14)20(21,22)23/h4,6-7,10-11,17H,3,5,8-9,12H2,1-2H3,(H,24,25,26). The summed E-state index contributed by atoms with van der Waals surface area (Å²) in [6, 6.07) is 6.50. The Hall–Kier alpha value is -2.64. The first-order valence-corrected chi connectivity index (χ1v) is 9.32. The topological polar surface area (TPSA) is 58.1 Å². The van der Waals surface area contributed by atoms with Crippen LogP contribution in [-0.4, -0.2) is 33.4 Å². The molecule has 1 saturated heterocycles. The summed E-state index contributed by atoms with van der Waals surface area (Å²) in [6.07, 6.45) is -2.21. The highest BCUT2D eigenvalue weighted by molar-refractivity contribution is 5.85. The van der Waals surface area contributed by atoms with Crippen LogP contribution in [0.2, 0.25) is 0 Å². The molecule has 1 fully saturated rings. The largest absolute Gasteiger partial charge is 0.416 e. The molecule has 1 unspecified atom stereocenters. The van der Waals surface area contributed by atoms with E-state index in [0.29, 0.717) is 30.2 Å². The number of piperidine rings is 1. The molecule has 1 N–H and O–H groups in total. The summed E-state index contributed by atoms with van der Waals surface area (Å²) in [5, 5.41) is 3.18. The molecule has 8 heteroatoms. The Kier molecular flexibility index (Phi) is 5.86. The lowest BCUT2D eigenvalue weighted by Crippen LogP contribution is -2.47. The number of alkyl halides is 3. The van der Waals surface area contributed by atoms with Crippen molar-refractivity contribution in [2.75, 3.05) is 11.9 Å². The third-order valence-corrected chi connectivity index (χ3v) is 4.73. The lowest BCUT2D eigenvalue weighted by Gasteiger charge is -2.33. The van der Waals surface area contributed by atoms with Crippen LogP contribution in [0.5, 0.6) is 0 Å². The van der Waals surface area contributed by atoms with Crippen LogP contribution in [0.4, 0.5) is 19.0 Å². The van der Waals surface area contributed by atoms with Crippen LogP contribution >= 0.6 is 0 Å². The third-order valence-electron chi connectivity index (χ3n) is 4.73. The van der Waals surface area contributed by atoms with Gasteiger partial charge in [-0.25, -0.2) is 9.97 Å². The minimum Gasteiger partial charge on any atom is -0.358 e. The summed E-state index contributed by atoms with van der Waals surface area (Å²) in [7, 11) is 0. The summed E-state index contributed by atoms with van der Waals surface area (Å²) in [6.45, 7) is 4.47. The van der Waals surface area contributed by atoms with Crippen LogP contribution in [0.1, 0.15) is 42.4 Å². The minimum atomic E-state index is -4.39. The van der Waals surface area contributed by atoms with Crippen LogP contribution in [0.15, 0.2) is 30.3 Å². The maximum atomic E-state index is 12.9. The predicted molar refractivity (Wildman–Crippen MR) is 99.7 cm³/mol. The number of aromatic nitrogens is 2. The number of aryl methyl sites for hydroxylation is 2. The molecule has 0 spiro atoms. The molecule has 1 amide bonds. The first-order valence-electron chi connectivity index (χ1n) is 9.32. The van der Waals surface area contributed by atoms with Crippen molar-refractivity contribution >= 4 is 11.7 Å². The summed E-state index contributed by atoms with van der Waals surface area (Å²) in [5.74, 6) is 1.10. The SMILES string of the molecule is CCc1cc(NC2CCCN(Cc3cccc(C(F)(F)F)c3)C2=O)nc(C)n1. The van der Waals surface area contributed by atoms with Gasteiger partial charge in [-0.05, 0) is 43.9 Å². The van der Waals surface area contributed by atoms with Crippen molar-refractivity contribution in [3.05, 3.63) is 53.0 Å². The average molecular weight is 392 g/mol. The molecule has 5 nitrogen and oxygen atoms in total. The van der Waals surface area contributed by atoms with Gasteiger partial charge in [-0.15, -0.1) is 0 Å². The van der Waals surface area contributed by atoms with E-state index in [0.717, 1.165) is 30.7 Å². The molecule has 0 aliphatic carbocycles. The number of nitrogens with zero attached hydrogens (tertiary/aromatic N) is 3. The molecular formula is C20H23F3N4O. The van der Waals surface area contributed by atoms with Gasteiger partial charge in [-0.2, -0.15) is 13.2 Å². The van der Waals surface area contributed by atoms with Crippen LogP contribution < -0.4 is 5.32 Å². The number of hydrogen-bond donors (Lipinski definition) is 1. The molecular weight excluding hydrogens is 369 g/mol. The van der Waals surface area contributed by atoms with Gasteiger partial charge in [0.1, 0.15) is 17.7 Å². The van der Waals surface area contributed by atoms with Gasteiger partial charge < -0.3 is 10.2 Å². The van der Waals surface area contributed by atoms with Crippen molar-refractivity contribution in [3.8, 4) is 0 Å². The smallest absolute Gasteiger partial charge is 0.358 e. The Morgan fingerprint density at radius 3 is 2.75 bits per heavy atom. The van der Waals surface area contributed by atoms with Gasteiger partial charge in [-0.1, -0.05) is 19.1 Å². The van der Waals surface area contributed by atoms with Crippen molar-refractivity contribution in [3.63, 3.8) is 0 Å². The Labute approximate surface area is 162 Å². The van der Waals surface area contributed by atoms with Crippen LogP contribution in [-0.2, 0) is 23.9 Å². The number of hydrogen-bond acceptors (Lipinski definition) is 4. The summed E-state index contributed by atoms with van der Waals surface area (Å²) >= 11 is 0. The second-order valence-corrected chi connectivity index (χ2v) is 6.94. The fraction of sp³-hybridized carbons (Fsp3) is 0.450. The Morgan fingerprint density at radius 2 is 2.04 bits per heavy atom. The van der Waals surface area contributed by atoms with Crippen LogP contribution in [0, 0.1) is 6.92 Å². The summed E-state index contributed by atoms with van der Waals surface area (Å²) < 4.78 is 38.8. The van der Waals surface area contributed by atoms with Gasteiger partial charge in [0, 0.05) is 24.8 Å². The zero-order valence-electron chi connectivity index (χ0n) is 15.9. The molecule has 150 valence electrons. The van der Waals surface area contributed by atoms with Gasteiger partial charge in [0.2, 0.25) is 5.91 Å². The lowest BCUT2D eigenvalue weighted by atomic mass is 10.0. The molecule has 1 aromatic carbocycles.